The zero-order chi connectivity index (χ0) is 14.5. The van der Waals surface area contributed by atoms with E-state index in [-0.39, 0.29) is 18.3 Å². The van der Waals surface area contributed by atoms with Crippen LogP contribution in [0.4, 0.5) is 5.69 Å². The number of halogens is 1. The molecule has 0 aliphatic carbocycles. The first-order valence-corrected chi connectivity index (χ1v) is 7.35. The number of anilines is 1. The lowest BCUT2D eigenvalue weighted by Gasteiger charge is -2.31. The van der Waals surface area contributed by atoms with E-state index in [1.54, 1.807) is 0 Å². The summed E-state index contributed by atoms with van der Waals surface area (Å²) < 4.78 is 0. The van der Waals surface area contributed by atoms with Crippen LogP contribution in [0.2, 0.25) is 0 Å². The molecule has 2 N–H and O–H groups in total. The van der Waals surface area contributed by atoms with Crippen LogP contribution in [0.1, 0.15) is 24.0 Å². The molecule has 0 spiro atoms. The van der Waals surface area contributed by atoms with E-state index in [1.165, 1.54) is 17.5 Å². The number of nitrogens with zero attached hydrogens (tertiary/aromatic N) is 1. The number of likely N-dealkylation sites (tertiary alicyclic amines) is 1. The fourth-order valence-electron chi connectivity index (χ4n) is 2.66. The third-order valence-electron chi connectivity index (χ3n) is 4.07. The van der Waals surface area contributed by atoms with Gasteiger partial charge in [-0.1, -0.05) is 6.07 Å². The van der Waals surface area contributed by atoms with Crippen LogP contribution >= 0.6 is 12.4 Å². The van der Waals surface area contributed by atoms with Crippen LogP contribution in [0, 0.1) is 13.8 Å². The highest BCUT2D eigenvalue weighted by atomic mass is 35.5. The van der Waals surface area contributed by atoms with Crippen LogP contribution in [0.3, 0.4) is 0 Å². The molecule has 1 fully saturated rings. The third kappa shape index (κ3) is 5.30. The van der Waals surface area contributed by atoms with Gasteiger partial charge >= 0.3 is 0 Å². The van der Waals surface area contributed by atoms with Crippen LogP contribution in [0.25, 0.3) is 0 Å². The number of carbonyl (C=O) groups is 1. The summed E-state index contributed by atoms with van der Waals surface area (Å²) in [6, 6.07) is 6.55. The predicted octanol–water partition coefficient (Wildman–Crippen LogP) is 2.35. The number of piperidine rings is 1. The number of carbonyl (C=O) groups excluding carboxylic acids is 1. The first-order chi connectivity index (χ1) is 9.58. The third-order valence-corrected chi connectivity index (χ3v) is 4.07. The number of amides is 1. The highest BCUT2D eigenvalue weighted by Crippen LogP contribution is 2.14. The van der Waals surface area contributed by atoms with Crippen molar-refractivity contribution in [2.45, 2.75) is 32.7 Å². The molecule has 1 aliphatic rings. The molecular formula is C16H26ClN3O. The molecule has 1 saturated heterocycles. The molecule has 1 aromatic rings. The van der Waals surface area contributed by atoms with E-state index in [2.05, 4.69) is 29.4 Å². The smallest absolute Gasteiger partial charge is 0.238 e. The van der Waals surface area contributed by atoms with Gasteiger partial charge in [0, 0.05) is 18.3 Å². The normalized spacial score (nSPS) is 18.9. The molecule has 1 aromatic carbocycles. The van der Waals surface area contributed by atoms with Crippen molar-refractivity contribution in [2.75, 3.05) is 32.0 Å². The Morgan fingerprint density at radius 3 is 2.76 bits per heavy atom. The second kappa shape index (κ2) is 8.37. The molecule has 1 atom stereocenters. The summed E-state index contributed by atoms with van der Waals surface area (Å²) in [5.74, 6) is 0.0741. The van der Waals surface area contributed by atoms with Crippen molar-refractivity contribution in [1.82, 2.24) is 10.2 Å². The fraction of sp³-hybridized carbons (Fsp3) is 0.562. The summed E-state index contributed by atoms with van der Waals surface area (Å²) in [5, 5.41) is 6.29. The number of aryl methyl sites for hydroxylation is 2. The second-order valence-electron chi connectivity index (χ2n) is 5.71. The van der Waals surface area contributed by atoms with Crippen molar-refractivity contribution in [2.24, 2.45) is 0 Å². The van der Waals surface area contributed by atoms with Gasteiger partial charge in [0.05, 0.1) is 6.54 Å². The maximum Gasteiger partial charge on any atom is 0.238 e. The average molecular weight is 312 g/mol. The van der Waals surface area contributed by atoms with Gasteiger partial charge < -0.3 is 10.6 Å². The van der Waals surface area contributed by atoms with Crippen LogP contribution < -0.4 is 10.6 Å². The summed E-state index contributed by atoms with van der Waals surface area (Å²) in [4.78, 5) is 14.3. The van der Waals surface area contributed by atoms with Gasteiger partial charge in [0.1, 0.15) is 0 Å². The number of nitrogens with one attached hydrogen (secondary N) is 2. The van der Waals surface area contributed by atoms with Gasteiger partial charge in [0.15, 0.2) is 0 Å². The lowest BCUT2D eigenvalue weighted by Crippen LogP contribution is -2.46. The van der Waals surface area contributed by atoms with Gasteiger partial charge in [-0.2, -0.15) is 0 Å². The monoisotopic (exact) mass is 311 g/mol. The minimum atomic E-state index is 0. The van der Waals surface area contributed by atoms with Gasteiger partial charge in [0.2, 0.25) is 5.91 Å². The Morgan fingerprint density at radius 2 is 2.10 bits per heavy atom. The van der Waals surface area contributed by atoms with Gasteiger partial charge in [-0.3, -0.25) is 9.69 Å². The lowest BCUT2D eigenvalue weighted by atomic mass is 10.1. The summed E-state index contributed by atoms with van der Waals surface area (Å²) in [6.07, 6.45) is 2.36. The molecule has 1 heterocycles. The Kier molecular flexibility index (Phi) is 7.15. The van der Waals surface area contributed by atoms with E-state index in [0.717, 1.165) is 25.2 Å². The van der Waals surface area contributed by atoms with Crippen LogP contribution in [0.15, 0.2) is 18.2 Å². The standard InChI is InChI=1S/C16H25N3O.ClH/c1-12-6-7-14(9-13(12)2)18-16(20)11-19-8-4-5-15(10-19)17-3;/h6-7,9,15,17H,4-5,8,10-11H2,1-3H3,(H,18,20);1H. The topological polar surface area (TPSA) is 44.4 Å². The zero-order valence-corrected chi connectivity index (χ0v) is 13.9. The maximum absolute atomic E-state index is 12.1. The molecular weight excluding hydrogens is 286 g/mol. The number of rotatable bonds is 4. The fourth-order valence-corrected chi connectivity index (χ4v) is 2.66. The van der Waals surface area contributed by atoms with Crippen LogP contribution in [-0.2, 0) is 4.79 Å². The Balaban J connectivity index is 0.00000220. The van der Waals surface area contributed by atoms with E-state index in [4.69, 9.17) is 0 Å². The second-order valence-corrected chi connectivity index (χ2v) is 5.71. The van der Waals surface area contributed by atoms with Crippen molar-refractivity contribution < 1.29 is 4.79 Å². The predicted molar refractivity (Wildman–Crippen MR) is 90.3 cm³/mol. The molecule has 1 unspecified atom stereocenters. The lowest BCUT2D eigenvalue weighted by molar-refractivity contribution is -0.117. The van der Waals surface area contributed by atoms with Gasteiger partial charge in [-0.25, -0.2) is 0 Å². The molecule has 0 saturated carbocycles. The van der Waals surface area contributed by atoms with E-state index in [9.17, 15) is 4.79 Å². The first kappa shape index (κ1) is 18.0. The van der Waals surface area contributed by atoms with Crippen molar-refractivity contribution >= 4 is 24.0 Å². The van der Waals surface area contributed by atoms with E-state index in [1.807, 2.05) is 25.2 Å². The molecule has 2 rings (SSSR count). The van der Waals surface area contributed by atoms with Gasteiger partial charge in [-0.05, 0) is 63.5 Å². The summed E-state index contributed by atoms with van der Waals surface area (Å²) in [7, 11) is 1.99. The molecule has 1 amide bonds. The van der Waals surface area contributed by atoms with Crippen molar-refractivity contribution in [3.05, 3.63) is 29.3 Å². The van der Waals surface area contributed by atoms with E-state index >= 15 is 0 Å². The van der Waals surface area contributed by atoms with E-state index in [0.29, 0.717) is 12.6 Å². The largest absolute Gasteiger partial charge is 0.325 e. The highest BCUT2D eigenvalue weighted by molar-refractivity contribution is 5.92. The SMILES string of the molecule is CNC1CCCN(CC(=O)Nc2ccc(C)c(C)c2)C1.Cl. The molecule has 118 valence electrons. The Bertz CT molecular complexity index is 479. The summed E-state index contributed by atoms with van der Waals surface area (Å²) >= 11 is 0. The van der Waals surface area contributed by atoms with Crippen molar-refractivity contribution in [1.29, 1.82) is 0 Å². The summed E-state index contributed by atoms with van der Waals surface area (Å²) in [6.45, 7) is 6.58. The highest BCUT2D eigenvalue weighted by Gasteiger charge is 2.20. The summed E-state index contributed by atoms with van der Waals surface area (Å²) in [5.41, 5.74) is 3.34. The van der Waals surface area contributed by atoms with Gasteiger partial charge in [-0.15, -0.1) is 12.4 Å². The quantitative estimate of drug-likeness (QED) is 0.897. The van der Waals surface area contributed by atoms with Gasteiger partial charge in [0.25, 0.3) is 0 Å². The number of hydrogen-bond donors (Lipinski definition) is 2. The molecule has 0 radical (unpaired) electrons. The Hall–Kier alpha value is -1.10. The molecule has 5 heteroatoms. The van der Waals surface area contributed by atoms with Crippen molar-refractivity contribution in [3.8, 4) is 0 Å². The van der Waals surface area contributed by atoms with Crippen LogP contribution in [0.5, 0.6) is 0 Å². The Labute approximate surface area is 133 Å². The molecule has 21 heavy (non-hydrogen) atoms. The zero-order valence-electron chi connectivity index (χ0n) is 13.1. The number of benzene rings is 1. The number of likely N-dealkylation sites (N-methyl/N-ethyl adjacent to an activating group) is 1. The maximum atomic E-state index is 12.1. The Morgan fingerprint density at radius 1 is 1.33 bits per heavy atom. The first-order valence-electron chi connectivity index (χ1n) is 7.35. The molecule has 1 aliphatic heterocycles. The minimum Gasteiger partial charge on any atom is -0.325 e. The molecule has 4 nitrogen and oxygen atoms in total. The van der Waals surface area contributed by atoms with Crippen molar-refractivity contribution in [3.63, 3.8) is 0 Å². The minimum absolute atomic E-state index is 0. The van der Waals surface area contributed by atoms with E-state index < -0.39 is 0 Å². The van der Waals surface area contributed by atoms with Crippen LogP contribution in [-0.4, -0.2) is 43.5 Å². The molecule has 0 bridgehead atoms. The number of hydrogen-bond acceptors (Lipinski definition) is 3. The molecule has 0 aromatic heterocycles. The average Bonchev–Trinajstić information content (AvgIpc) is 2.43.